The molecule has 1 aromatic carbocycles. The van der Waals surface area contributed by atoms with E-state index in [4.69, 9.17) is 10.00 Å². The Morgan fingerprint density at radius 3 is 2.94 bits per heavy atom. The lowest BCUT2D eigenvalue weighted by Crippen LogP contribution is -2.32. The number of nitrogens with zero attached hydrogens (tertiary/aromatic N) is 2. The van der Waals surface area contributed by atoms with E-state index in [-0.39, 0.29) is 29.2 Å². The van der Waals surface area contributed by atoms with E-state index in [1.807, 2.05) is 6.07 Å². The monoisotopic (exact) mass is 314 g/mol. The SMILES string of the molecule is CN(CCC#N)C(=O)COc1ccc(F)c(Br)c1. The van der Waals surface area contributed by atoms with Crippen LogP contribution in [-0.4, -0.2) is 31.0 Å². The topological polar surface area (TPSA) is 53.3 Å². The van der Waals surface area contributed by atoms with Crippen LogP contribution in [0.5, 0.6) is 5.75 Å². The highest BCUT2D eigenvalue weighted by atomic mass is 79.9. The summed E-state index contributed by atoms with van der Waals surface area (Å²) >= 11 is 3.03. The molecule has 1 amide bonds. The first-order valence-corrected chi connectivity index (χ1v) is 6.02. The van der Waals surface area contributed by atoms with Gasteiger partial charge in [0.1, 0.15) is 11.6 Å². The van der Waals surface area contributed by atoms with Gasteiger partial charge in [-0.1, -0.05) is 0 Å². The highest BCUT2D eigenvalue weighted by Crippen LogP contribution is 2.21. The van der Waals surface area contributed by atoms with Gasteiger partial charge in [-0.25, -0.2) is 4.39 Å². The zero-order valence-electron chi connectivity index (χ0n) is 9.82. The van der Waals surface area contributed by atoms with E-state index in [9.17, 15) is 9.18 Å². The first kappa shape index (κ1) is 14.5. The summed E-state index contributed by atoms with van der Waals surface area (Å²) < 4.78 is 18.5. The van der Waals surface area contributed by atoms with Crippen LogP contribution in [0.1, 0.15) is 6.42 Å². The lowest BCUT2D eigenvalue weighted by atomic mass is 10.3. The zero-order chi connectivity index (χ0) is 13.5. The van der Waals surface area contributed by atoms with Crippen molar-refractivity contribution in [3.8, 4) is 11.8 Å². The average molecular weight is 315 g/mol. The Labute approximate surface area is 113 Å². The Bertz CT molecular complexity index is 474. The summed E-state index contributed by atoms with van der Waals surface area (Å²) in [7, 11) is 1.60. The van der Waals surface area contributed by atoms with Crippen LogP contribution in [-0.2, 0) is 4.79 Å². The summed E-state index contributed by atoms with van der Waals surface area (Å²) in [4.78, 5) is 13.0. The predicted molar refractivity (Wildman–Crippen MR) is 67.5 cm³/mol. The fraction of sp³-hybridized carbons (Fsp3) is 0.333. The number of nitriles is 1. The first-order chi connectivity index (χ1) is 8.54. The van der Waals surface area contributed by atoms with Crippen molar-refractivity contribution >= 4 is 21.8 Å². The van der Waals surface area contributed by atoms with Gasteiger partial charge < -0.3 is 9.64 Å². The minimum Gasteiger partial charge on any atom is -0.484 e. The third-order valence-electron chi connectivity index (χ3n) is 2.24. The van der Waals surface area contributed by atoms with Gasteiger partial charge >= 0.3 is 0 Å². The lowest BCUT2D eigenvalue weighted by molar-refractivity contribution is -0.131. The van der Waals surface area contributed by atoms with Crippen molar-refractivity contribution in [1.82, 2.24) is 4.90 Å². The molecular formula is C12H12BrFN2O2. The highest BCUT2D eigenvalue weighted by Gasteiger charge is 2.09. The van der Waals surface area contributed by atoms with Crippen LogP contribution in [0, 0.1) is 17.1 Å². The Kier molecular flexibility index (Phi) is 5.59. The van der Waals surface area contributed by atoms with Crippen molar-refractivity contribution < 1.29 is 13.9 Å². The molecule has 0 fully saturated rings. The second-order valence-corrected chi connectivity index (χ2v) is 4.44. The predicted octanol–water partition coefficient (Wildman–Crippen LogP) is 2.34. The van der Waals surface area contributed by atoms with Crippen LogP contribution in [0.15, 0.2) is 22.7 Å². The standard InChI is InChI=1S/C12H12BrFN2O2/c1-16(6-2-5-15)12(17)8-18-9-3-4-11(14)10(13)7-9/h3-4,7H,2,6,8H2,1H3. The molecule has 18 heavy (non-hydrogen) atoms. The summed E-state index contributed by atoms with van der Waals surface area (Å²) in [5.74, 6) is -0.212. The fourth-order valence-electron chi connectivity index (χ4n) is 1.16. The van der Waals surface area contributed by atoms with Gasteiger partial charge in [-0.3, -0.25) is 4.79 Å². The fourth-order valence-corrected chi connectivity index (χ4v) is 1.52. The Morgan fingerprint density at radius 1 is 1.61 bits per heavy atom. The molecule has 0 bridgehead atoms. The zero-order valence-corrected chi connectivity index (χ0v) is 11.4. The van der Waals surface area contributed by atoms with Crippen molar-refractivity contribution in [2.24, 2.45) is 0 Å². The van der Waals surface area contributed by atoms with Crippen LogP contribution in [0.25, 0.3) is 0 Å². The number of rotatable bonds is 5. The van der Waals surface area contributed by atoms with Gasteiger partial charge in [-0.15, -0.1) is 0 Å². The second-order valence-electron chi connectivity index (χ2n) is 3.59. The van der Waals surface area contributed by atoms with Crippen molar-refractivity contribution in [2.75, 3.05) is 20.2 Å². The van der Waals surface area contributed by atoms with E-state index in [1.165, 1.54) is 23.1 Å². The van der Waals surface area contributed by atoms with Crippen molar-refractivity contribution in [3.63, 3.8) is 0 Å². The second kappa shape index (κ2) is 6.97. The van der Waals surface area contributed by atoms with E-state index in [1.54, 1.807) is 7.05 Å². The van der Waals surface area contributed by atoms with E-state index >= 15 is 0 Å². The van der Waals surface area contributed by atoms with Crippen molar-refractivity contribution in [2.45, 2.75) is 6.42 Å². The number of carbonyl (C=O) groups is 1. The molecule has 0 N–H and O–H groups in total. The number of amides is 1. The minimum atomic E-state index is -0.389. The van der Waals surface area contributed by atoms with Crippen LogP contribution in [0.3, 0.4) is 0 Å². The van der Waals surface area contributed by atoms with Crippen molar-refractivity contribution in [3.05, 3.63) is 28.5 Å². The van der Waals surface area contributed by atoms with Gasteiger partial charge in [0.2, 0.25) is 0 Å². The summed E-state index contributed by atoms with van der Waals surface area (Å²) in [5, 5.41) is 8.40. The number of benzene rings is 1. The Morgan fingerprint density at radius 2 is 2.33 bits per heavy atom. The molecule has 96 valence electrons. The molecule has 0 aliphatic carbocycles. The molecule has 0 atom stereocenters. The largest absolute Gasteiger partial charge is 0.484 e. The summed E-state index contributed by atoms with van der Waals surface area (Å²) in [5.41, 5.74) is 0. The molecule has 4 nitrogen and oxygen atoms in total. The van der Waals surface area contributed by atoms with Crippen LogP contribution < -0.4 is 4.74 Å². The van der Waals surface area contributed by atoms with Crippen LogP contribution in [0.2, 0.25) is 0 Å². The number of halogens is 2. The maximum atomic E-state index is 13.0. The van der Waals surface area contributed by atoms with Gasteiger partial charge in [0.25, 0.3) is 5.91 Å². The maximum absolute atomic E-state index is 13.0. The van der Waals surface area contributed by atoms with Gasteiger partial charge in [0, 0.05) is 13.6 Å². The van der Waals surface area contributed by atoms with Gasteiger partial charge in [-0.05, 0) is 34.1 Å². The maximum Gasteiger partial charge on any atom is 0.260 e. The molecule has 0 saturated heterocycles. The molecule has 0 unspecified atom stereocenters. The third-order valence-corrected chi connectivity index (χ3v) is 2.85. The number of likely N-dealkylation sites (N-methyl/N-ethyl adjacent to an activating group) is 1. The van der Waals surface area contributed by atoms with E-state index in [0.29, 0.717) is 12.3 Å². The summed E-state index contributed by atoms with van der Waals surface area (Å²) in [6, 6.07) is 6.11. The molecule has 0 radical (unpaired) electrons. The molecule has 0 aromatic heterocycles. The van der Waals surface area contributed by atoms with Gasteiger partial charge in [0.05, 0.1) is 17.0 Å². The third kappa shape index (κ3) is 4.34. The smallest absolute Gasteiger partial charge is 0.260 e. The molecule has 0 aliphatic rings. The van der Waals surface area contributed by atoms with Gasteiger partial charge in [0.15, 0.2) is 6.61 Å². The summed E-state index contributed by atoms with van der Waals surface area (Å²) in [6.45, 7) is 0.228. The molecule has 1 rings (SSSR count). The first-order valence-electron chi connectivity index (χ1n) is 5.23. The quantitative estimate of drug-likeness (QED) is 0.838. The molecule has 6 heteroatoms. The number of hydrogen-bond acceptors (Lipinski definition) is 3. The van der Waals surface area contributed by atoms with E-state index in [0.717, 1.165) is 0 Å². The Balaban J connectivity index is 2.47. The normalized spacial score (nSPS) is 9.67. The number of ether oxygens (including phenoxy) is 1. The van der Waals surface area contributed by atoms with Gasteiger partial charge in [-0.2, -0.15) is 5.26 Å². The van der Waals surface area contributed by atoms with Crippen LogP contribution >= 0.6 is 15.9 Å². The van der Waals surface area contributed by atoms with E-state index in [2.05, 4.69) is 15.9 Å². The van der Waals surface area contributed by atoms with Crippen molar-refractivity contribution in [1.29, 1.82) is 5.26 Å². The minimum absolute atomic E-state index is 0.139. The molecule has 1 aromatic rings. The molecular weight excluding hydrogens is 303 g/mol. The average Bonchev–Trinajstić information content (AvgIpc) is 2.36. The Hall–Kier alpha value is -1.61. The molecule has 0 aliphatic heterocycles. The molecule has 0 spiro atoms. The van der Waals surface area contributed by atoms with Crippen LogP contribution in [0.4, 0.5) is 4.39 Å². The highest BCUT2D eigenvalue weighted by molar-refractivity contribution is 9.10. The summed E-state index contributed by atoms with van der Waals surface area (Å²) in [6.07, 6.45) is 0.282. The van der Waals surface area contributed by atoms with E-state index < -0.39 is 0 Å². The molecule has 0 saturated carbocycles. The number of carbonyl (C=O) groups excluding carboxylic acids is 1. The number of hydrogen-bond donors (Lipinski definition) is 0. The lowest BCUT2D eigenvalue weighted by Gasteiger charge is -2.15. The molecule has 0 heterocycles.